The third-order valence-electron chi connectivity index (χ3n) is 6.55. The van der Waals surface area contributed by atoms with E-state index < -0.39 is 4.92 Å². The van der Waals surface area contributed by atoms with Gasteiger partial charge in [-0.25, -0.2) is 4.79 Å². The molecule has 0 N–H and O–H groups in total. The summed E-state index contributed by atoms with van der Waals surface area (Å²) < 4.78 is 7.21. The topological polar surface area (TPSA) is 107 Å². The van der Waals surface area contributed by atoms with Crippen LogP contribution in [0, 0.1) is 17.0 Å². The zero-order valence-corrected chi connectivity index (χ0v) is 21.3. The Morgan fingerprint density at radius 1 is 1.11 bits per heavy atom. The predicted molar refractivity (Wildman–Crippen MR) is 141 cm³/mol. The van der Waals surface area contributed by atoms with Gasteiger partial charge in [0, 0.05) is 55.6 Å². The van der Waals surface area contributed by atoms with Crippen LogP contribution in [0.4, 0.5) is 5.69 Å². The Kier molecular flexibility index (Phi) is 7.47. The van der Waals surface area contributed by atoms with E-state index in [1.807, 2.05) is 19.2 Å². The van der Waals surface area contributed by atoms with Gasteiger partial charge in [-0.15, -0.1) is 0 Å². The molecule has 1 saturated heterocycles. The number of benzene rings is 2. The van der Waals surface area contributed by atoms with E-state index in [0.717, 1.165) is 38.0 Å². The van der Waals surface area contributed by atoms with Crippen LogP contribution in [0.2, 0.25) is 0 Å². The van der Waals surface area contributed by atoms with Crippen molar-refractivity contribution in [3.05, 3.63) is 104 Å². The molecule has 5 rings (SSSR count). The fraction of sp³-hybridized carbons (Fsp3) is 0.296. The maximum atomic E-state index is 12.9. The van der Waals surface area contributed by atoms with Gasteiger partial charge >= 0.3 is 5.69 Å². The SMILES string of the molecule is Cc1cn(C2CCN(Cc3ccccc3)CC2)c(=O)nc1SCc1cc(-c2cccc([N+](=O)[O-])c2)no1. The molecular formula is C27H27N5O4S. The highest BCUT2D eigenvalue weighted by atomic mass is 32.2. The van der Waals surface area contributed by atoms with E-state index in [4.69, 9.17) is 4.52 Å². The second kappa shape index (κ2) is 11.1. The van der Waals surface area contributed by atoms with Crippen LogP contribution < -0.4 is 5.69 Å². The van der Waals surface area contributed by atoms with Crippen molar-refractivity contribution in [3.63, 3.8) is 0 Å². The summed E-state index contributed by atoms with van der Waals surface area (Å²) in [6.45, 7) is 4.78. The molecule has 1 aliphatic rings. The van der Waals surface area contributed by atoms with Gasteiger partial charge in [0.15, 0.2) is 0 Å². The number of hydrogen-bond acceptors (Lipinski definition) is 8. The molecule has 3 heterocycles. The van der Waals surface area contributed by atoms with Gasteiger partial charge in [0.05, 0.1) is 10.7 Å². The molecule has 0 radical (unpaired) electrons. The van der Waals surface area contributed by atoms with Crippen molar-refractivity contribution in [3.8, 4) is 11.3 Å². The van der Waals surface area contributed by atoms with Crippen LogP contribution in [-0.2, 0) is 12.3 Å². The molecule has 0 saturated carbocycles. The highest BCUT2D eigenvalue weighted by Gasteiger charge is 2.22. The minimum atomic E-state index is -0.439. The van der Waals surface area contributed by atoms with E-state index in [-0.39, 0.29) is 17.4 Å². The number of non-ortho nitro benzene ring substituents is 1. The summed E-state index contributed by atoms with van der Waals surface area (Å²) >= 11 is 1.41. The number of nitrogens with zero attached hydrogens (tertiary/aromatic N) is 5. The van der Waals surface area contributed by atoms with Crippen molar-refractivity contribution < 1.29 is 9.45 Å². The van der Waals surface area contributed by atoms with Gasteiger partial charge < -0.3 is 4.52 Å². The molecule has 4 aromatic rings. The van der Waals surface area contributed by atoms with Crippen molar-refractivity contribution in [2.24, 2.45) is 0 Å². The highest BCUT2D eigenvalue weighted by molar-refractivity contribution is 7.98. The Balaban J connectivity index is 1.20. The third-order valence-corrected chi connectivity index (χ3v) is 7.67. The lowest BCUT2D eigenvalue weighted by atomic mass is 10.0. The molecule has 2 aromatic carbocycles. The van der Waals surface area contributed by atoms with Crippen LogP contribution >= 0.6 is 11.8 Å². The van der Waals surface area contributed by atoms with Crippen LogP contribution in [-0.4, -0.2) is 37.6 Å². The van der Waals surface area contributed by atoms with E-state index in [1.165, 1.54) is 29.5 Å². The molecular weight excluding hydrogens is 490 g/mol. The Labute approximate surface area is 218 Å². The first-order valence-electron chi connectivity index (χ1n) is 12.2. The predicted octanol–water partition coefficient (Wildman–Crippen LogP) is 5.24. The molecule has 0 aliphatic carbocycles. The number of piperidine rings is 1. The lowest BCUT2D eigenvalue weighted by Crippen LogP contribution is -2.37. The maximum absolute atomic E-state index is 12.9. The summed E-state index contributed by atoms with van der Waals surface area (Å²) in [4.78, 5) is 30.3. The van der Waals surface area contributed by atoms with Crippen LogP contribution in [0.3, 0.4) is 0 Å². The molecule has 37 heavy (non-hydrogen) atoms. The number of hydrogen-bond donors (Lipinski definition) is 0. The number of likely N-dealkylation sites (tertiary alicyclic amines) is 1. The molecule has 0 atom stereocenters. The van der Waals surface area contributed by atoms with Crippen LogP contribution in [0.25, 0.3) is 11.3 Å². The number of nitro benzene ring substituents is 1. The minimum absolute atomic E-state index is 0.00122. The van der Waals surface area contributed by atoms with Gasteiger partial charge in [0.1, 0.15) is 16.5 Å². The Hall–Kier alpha value is -3.76. The molecule has 2 aromatic heterocycles. The van der Waals surface area contributed by atoms with Crippen LogP contribution in [0.5, 0.6) is 0 Å². The van der Waals surface area contributed by atoms with Gasteiger partial charge in [-0.2, -0.15) is 4.98 Å². The lowest BCUT2D eigenvalue weighted by Gasteiger charge is -2.32. The van der Waals surface area contributed by atoms with E-state index in [2.05, 4.69) is 39.3 Å². The van der Waals surface area contributed by atoms with E-state index in [0.29, 0.717) is 27.8 Å². The number of thioether (sulfide) groups is 1. The van der Waals surface area contributed by atoms with Crippen molar-refractivity contribution in [2.75, 3.05) is 13.1 Å². The summed E-state index contributed by atoms with van der Waals surface area (Å²) in [5.41, 5.74) is 3.15. The van der Waals surface area contributed by atoms with Crippen molar-refractivity contribution >= 4 is 17.4 Å². The molecule has 0 bridgehead atoms. The van der Waals surface area contributed by atoms with Crippen LogP contribution in [0.15, 0.2) is 81.2 Å². The molecule has 190 valence electrons. The average Bonchev–Trinajstić information content (AvgIpc) is 3.39. The number of aryl methyl sites for hydroxylation is 1. The second-order valence-corrected chi connectivity index (χ2v) is 10.2. The Bertz CT molecular complexity index is 1440. The molecule has 10 heteroatoms. The first kappa shape index (κ1) is 24.9. The zero-order valence-electron chi connectivity index (χ0n) is 20.4. The van der Waals surface area contributed by atoms with Gasteiger partial charge in [0.25, 0.3) is 5.69 Å². The Morgan fingerprint density at radius 2 is 1.89 bits per heavy atom. The average molecular weight is 518 g/mol. The second-order valence-electron chi connectivity index (χ2n) is 9.19. The van der Waals surface area contributed by atoms with Gasteiger partial charge in [-0.3, -0.25) is 19.6 Å². The summed E-state index contributed by atoms with van der Waals surface area (Å²) in [6, 6.07) is 18.6. The lowest BCUT2D eigenvalue weighted by molar-refractivity contribution is -0.384. The fourth-order valence-corrected chi connectivity index (χ4v) is 5.43. The third kappa shape index (κ3) is 5.98. The zero-order chi connectivity index (χ0) is 25.8. The summed E-state index contributed by atoms with van der Waals surface area (Å²) in [6.07, 6.45) is 3.75. The normalized spacial score (nSPS) is 14.6. The molecule has 1 aliphatic heterocycles. The number of rotatable bonds is 8. The first-order chi connectivity index (χ1) is 18.0. The monoisotopic (exact) mass is 517 g/mol. The van der Waals surface area contributed by atoms with Gasteiger partial charge in [0.2, 0.25) is 0 Å². The molecule has 9 nitrogen and oxygen atoms in total. The quantitative estimate of drug-likeness (QED) is 0.135. The van der Waals surface area contributed by atoms with Crippen molar-refractivity contribution in [2.45, 2.75) is 43.1 Å². The summed E-state index contributed by atoms with van der Waals surface area (Å²) in [5, 5.41) is 15.7. The van der Waals surface area contributed by atoms with E-state index >= 15 is 0 Å². The number of aromatic nitrogens is 3. The fourth-order valence-electron chi connectivity index (χ4n) is 4.59. The van der Waals surface area contributed by atoms with Crippen molar-refractivity contribution in [1.29, 1.82) is 0 Å². The molecule has 0 amide bonds. The molecule has 0 spiro atoms. The minimum Gasteiger partial charge on any atom is -0.360 e. The number of nitro groups is 1. The maximum Gasteiger partial charge on any atom is 0.348 e. The smallest absolute Gasteiger partial charge is 0.348 e. The van der Waals surface area contributed by atoms with Crippen LogP contribution in [0.1, 0.15) is 35.8 Å². The van der Waals surface area contributed by atoms with E-state index in [9.17, 15) is 14.9 Å². The van der Waals surface area contributed by atoms with Crippen molar-refractivity contribution in [1.82, 2.24) is 19.6 Å². The largest absolute Gasteiger partial charge is 0.360 e. The highest BCUT2D eigenvalue weighted by Crippen LogP contribution is 2.29. The van der Waals surface area contributed by atoms with Gasteiger partial charge in [-0.05, 0) is 30.9 Å². The molecule has 1 fully saturated rings. The first-order valence-corrected chi connectivity index (χ1v) is 13.1. The Morgan fingerprint density at radius 3 is 2.65 bits per heavy atom. The summed E-state index contributed by atoms with van der Waals surface area (Å²) in [5.74, 6) is 1.04. The molecule has 0 unspecified atom stereocenters. The summed E-state index contributed by atoms with van der Waals surface area (Å²) in [7, 11) is 0. The standard InChI is InChI=1S/C27H27N5O4S/c1-19-16-31(22-10-12-30(13-11-22)17-20-6-3-2-4-7-20)27(33)28-26(19)37-18-24-15-25(29-36-24)21-8-5-9-23(14-21)32(34)35/h2-9,14-16,22H,10-13,17-18H2,1H3. The van der Waals surface area contributed by atoms with Gasteiger partial charge in [-0.1, -0.05) is 59.4 Å². The van der Waals surface area contributed by atoms with E-state index in [1.54, 1.807) is 22.8 Å².